The molecule has 0 aromatic rings. The molecule has 1 aliphatic heterocycles. The Morgan fingerprint density at radius 3 is 2.79 bits per heavy atom. The van der Waals surface area contributed by atoms with E-state index < -0.39 is 0 Å². The Hall–Kier alpha value is -0.530. The van der Waals surface area contributed by atoms with E-state index in [2.05, 4.69) is 22.5 Å². The Kier molecular flexibility index (Phi) is 11.5. The minimum Gasteiger partial charge on any atom is -0.357 e. The van der Waals surface area contributed by atoms with Gasteiger partial charge >= 0.3 is 0 Å². The Bertz CT molecular complexity index is 385. The zero-order chi connectivity index (χ0) is 16.3. The first kappa shape index (κ1) is 21.5. The normalized spacial score (nSPS) is 18.8. The number of carbonyl (C=O) groups is 1. The van der Waals surface area contributed by atoms with Gasteiger partial charge in [0.1, 0.15) is 0 Å². The van der Waals surface area contributed by atoms with Crippen LogP contribution in [-0.4, -0.2) is 49.5 Å². The van der Waals surface area contributed by atoms with Crippen LogP contribution in [0.3, 0.4) is 0 Å². The summed E-state index contributed by atoms with van der Waals surface area (Å²) in [5, 5.41) is 6.72. The molecule has 24 heavy (non-hydrogen) atoms. The molecule has 1 saturated heterocycles. The van der Waals surface area contributed by atoms with E-state index in [9.17, 15) is 4.79 Å². The van der Waals surface area contributed by atoms with Crippen molar-refractivity contribution in [1.29, 1.82) is 0 Å². The maximum Gasteiger partial charge on any atom is 0.222 e. The SMILES string of the molecule is CCNC(=NCCCN1CCCCCC1=O)NCCCC1CC1.I. The number of carbonyl (C=O) groups excluding carboxylic acids is 1. The number of rotatable bonds is 9. The van der Waals surface area contributed by atoms with Crippen LogP contribution >= 0.6 is 24.0 Å². The minimum atomic E-state index is 0. The molecule has 5 nitrogen and oxygen atoms in total. The Labute approximate surface area is 164 Å². The van der Waals surface area contributed by atoms with E-state index in [0.29, 0.717) is 5.91 Å². The smallest absolute Gasteiger partial charge is 0.222 e. The monoisotopic (exact) mass is 450 g/mol. The van der Waals surface area contributed by atoms with Gasteiger partial charge in [-0.15, -0.1) is 24.0 Å². The number of guanidine groups is 1. The minimum absolute atomic E-state index is 0. The third-order valence-electron chi connectivity index (χ3n) is 4.65. The van der Waals surface area contributed by atoms with Crippen molar-refractivity contribution in [3.63, 3.8) is 0 Å². The van der Waals surface area contributed by atoms with Crippen molar-refractivity contribution in [1.82, 2.24) is 15.5 Å². The summed E-state index contributed by atoms with van der Waals surface area (Å²) in [6.07, 6.45) is 10.5. The average molecular weight is 450 g/mol. The highest BCUT2D eigenvalue weighted by Gasteiger charge is 2.20. The van der Waals surface area contributed by atoms with Gasteiger partial charge in [-0.2, -0.15) is 0 Å². The van der Waals surface area contributed by atoms with E-state index in [-0.39, 0.29) is 24.0 Å². The second-order valence-electron chi connectivity index (χ2n) is 6.82. The number of amides is 1. The van der Waals surface area contributed by atoms with Gasteiger partial charge in [-0.3, -0.25) is 9.79 Å². The molecule has 0 aromatic heterocycles. The van der Waals surface area contributed by atoms with Gasteiger partial charge < -0.3 is 15.5 Å². The molecule has 1 aliphatic carbocycles. The van der Waals surface area contributed by atoms with Crippen molar-refractivity contribution in [2.45, 2.75) is 64.7 Å². The summed E-state index contributed by atoms with van der Waals surface area (Å²) in [6, 6.07) is 0. The van der Waals surface area contributed by atoms with E-state index in [4.69, 9.17) is 0 Å². The maximum atomic E-state index is 11.9. The first-order valence-electron chi connectivity index (χ1n) is 9.59. The van der Waals surface area contributed by atoms with E-state index in [1.165, 1.54) is 32.1 Å². The lowest BCUT2D eigenvalue weighted by Gasteiger charge is -2.20. The van der Waals surface area contributed by atoms with Crippen LogP contribution in [0, 0.1) is 5.92 Å². The fourth-order valence-electron chi connectivity index (χ4n) is 3.07. The van der Waals surface area contributed by atoms with Gasteiger partial charge in [0.05, 0.1) is 0 Å². The van der Waals surface area contributed by atoms with Crippen molar-refractivity contribution >= 4 is 35.8 Å². The molecular weight excluding hydrogens is 415 g/mol. The van der Waals surface area contributed by atoms with Crippen molar-refractivity contribution in [2.24, 2.45) is 10.9 Å². The molecule has 2 fully saturated rings. The molecule has 1 heterocycles. The summed E-state index contributed by atoms with van der Waals surface area (Å²) < 4.78 is 0. The molecular formula is C18H35IN4O. The molecule has 2 rings (SSSR count). The van der Waals surface area contributed by atoms with E-state index in [0.717, 1.165) is 70.3 Å². The van der Waals surface area contributed by atoms with Crippen molar-refractivity contribution < 1.29 is 4.79 Å². The summed E-state index contributed by atoms with van der Waals surface area (Å²) in [4.78, 5) is 18.6. The van der Waals surface area contributed by atoms with Crippen LogP contribution in [0.1, 0.15) is 64.7 Å². The summed E-state index contributed by atoms with van der Waals surface area (Å²) in [5.74, 6) is 2.25. The maximum absolute atomic E-state index is 11.9. The number of hydrogen-bond donors (Lipinski definition) is 2. The predicted octanol–water partition coefficient (Wildman–Crippen LogP) is 3.14. The van der Waals surface area contributed by atoms with E-state index in [1.54, 1.807) is 0 Å². The number of aliphatic imine (C=N–C) groups is 1. The quantitative estimate of drug-likeness (QED) is 0.246. The average Bonchev–Trinajstić information content (AvgIpc) is 3.37. The molecule has 1 saturated carbocycles. The van der Waals surface area contributed by atoms with Crippen LogP contribution in [0.4, 0.5) is 0 Å². The first-order valence-corrected chi connectivity index (χ1v) is 9.59. The van der Waals surface area contributed by atoms with Crippen molar-refractivity contribution in [2.75, 3.05) is 32.7 Å². The van der Waals surface area contributed by atoms with Crippen LogP contribution in [0.15, 0.2) is 4.99 Å². The Balaban J connectivity index is 0.00000288. The van der Waals surface area contributed by atoms with Crippen molar-refractivity contribution in [3.8, 4) is 0 Å². The zero-order valence-electron chi connectivity index (χ0n) is 15.2. The summed E-state index contributed by atoms with van der Waals surface area (Å²) in [6.45, 7) is 6.55. The number of likely N-dealkylation sites (tertiary alicyclic amines) is 1. The summed E-state index contributed by atoms with van der Waals surface area (Å²) in [7, 11) is 0. The Morgan fingerprint density at radius 2 is 2.04 bits per heavy atom. The molecule has 0 atom stereocenters. The molecule has 0 bridgehead atoms. The van der Waals surface area contributed by atoms with Gasteiger partial charge in [0.2, 0.25) is 5.91 Å². The van der Waals surface area contributed by atoms with Crippen LogP contribution in [0.25, 0.3) is 0 Å². The highest BCUT2D eigenvalue weighted by molar-refractivity contribution is 14.0. The molecule has 0 spiro atoms. The van der Waals surface area contributed by atoms with Crippen molar-refractivity contribution in [3.05, 3.63) is 0 Å². The second-order valence-corrected chi connectivity index (χ2v) is 6.82. The fourth-order valence-corrected chi connectivity index (χ4v) is 3.07. The highest BCUT2D eigenvalue weighted by Crippen LogP contribution is 2.33. The summed E-state index contributed by atoms with van der Waals surface area (Å²) >= 11 is 0. The van der Waals surface area contributed by atoms with Crippen LogP contribution in [-0.2, 0) is 4.79 Å². The second kappa shape index (κ2) is 12.8. The summed E-state index contributed by atoms with van der Waals surface area (Å²) in [5.41, 5.74) is 0. The number of nitrogens with one attached hydrogen (secondary N) is 2. The Morgan fingerprint density at radius 1 is 1.21 bits per heavy atom. The van der Waals surface area contributed by atoms with Gasteiger partial charge in [-0.05, 0) is 44.9 Å². The van der Waals surface area contributed by atoms with Gasteiger partial charge in [0, 0.05) is 39.1 Å². The van der Waals surface area contributed by atoms with Crippen LogP contribution < -0.4 is 10.6 Å². The molecule has 2 aliphatic rings. The molecule has 0 unspecified atom stereocenters. The largest absolute Gasteiger partial charge is 0.357 e. The van der Waals surface area contributed by atoms with Crippen LogP contribution in [0.2, 0.25) is 0 Å². The molecule has 2 N–H and O–H groups in total. The zero-order valence-corrected chi connectivity index (χ0v) is 17.5. The lowest BCUT2D eigenvalue weighted by molar-refractivity contribution is -0.130. The van der Waals surface area contributed by atoms with E-state index >= 15 is 0 Å². The predicted molar refractivity (Wildman–Crippen MR) is 111 cm³/mol. The number of nitrogens with zero attached hydrogens (tertiary/aromatic N) is 2. The van der Waals surface area contributed by atoms with Crippen LogP contribution in [0.5, 0.6) is 0 Å². The number of halogens is 1. The fraction of sp³-hybridized carbons (Fsp3) is 0.889. The molecule has 1 amide bonds. The first-order chi connectivity index (χ1) is 11.3. The van der Waals surface area contributed by atoms with Gasteiger partial charge in [-0.25, -0.2) is 0 Å². The third kappa shape index (κ3) is 9.08. The van der Waals surface area contributed by atoms with E-state index in [1.807, 2.05) is 4.90 Å². The molecule has 0 radical (unpaired) electrons. The molecule has 140 valence electrons. The standard InChI is InChI=1S/C18H34N4O.HI/c1-2-19-18(20-12-6-8-16-10-11-16)21-13-7-15-22-14-5-3-4-9-17(22)23;/h16H,2-15H2,1H3,(H2,19,20,21);1H. The lowest BCUT2D eigenvalue weighted by atomic mass is 10.2. The molecule has 6 heteroatoms. The van der Waals surface area contributed by atoms with Gasteiger partial charge in [0.15, 0.2) is 5.96 Å². The number of hydrogen-bond acceptors (Lipinski definition) is 2. The topological polar surface area (TPSA) is 56.7 Å². The highest BCUT2D eigenvalue weighted by atomic mass is 127. The lowest BCUT2D eigenvalue weighted by Crippen LogP contribution is -2.38. The van der Waals surface area contributed by atoms with Gasteiger partial charge in [-0.1, -0.05) is 19.3 Å². The molecule has 0 aromatic carbocycles. The third-order valence-corrected chi connectivity index (χ3v) is 4.65. The van der Waals surface area contributed by atoms with Gasteiger partial charge in [0.25, 0.3) is 0 Å².